The summed E-state index contributed by atoms with van der Waals surface area (Å²) < 4.78 is 10.5. The van der Waals surface area contributed by atoms with Crippen LogP contribution in [0.15, 0.2) is 24.3 Å². The van der Waals surface area contributed by atoms with Gasteiger partial charge in [0.2, 0.25) is 5.91 Å². The average molecular weight is 305 g/mol. The van der Waals surface area contributed by atoms with Gasteiger partial charge in [-0.25, -0.2) is 4.79 Å². The van der Waals surface area contributed by atoms with Crippen LogP contribution in [-0.4, -0.2) is 36.5 Å². The highest BCUT2D eigenvalue weighted by Crippen LogP contribution is 2.21. The molecule has 120 valence electrons. The zero-order chi connectivity index (χ0) is 15.9. The van der Waals surface area contributed by atoms with E-state index in [-0.39, 0.29) is 18.5 Å². The fourth-order valence-corrected chi connectivity index (χ4v) is 2.64. The summed E-state index contributed by atoms with van der Waals surface area (Å²) >= 11 is 0. The van der Waals surface area contributed by atoms with Gasteiger partial charge in [-0.2, -0.15) is 0 Å². The van der Waals surface area contributed by atoms with Crippen molar-refractivity contribution >= 4 is 11.9 Å². The maximum absolute atomic E-state index is 12.2. The van der Waals surface area contributed by atoms with Gasteiger partial charge in [0, 0.05) is 13.0 Å². The minimum absolute atomic E-state index is 0.0476. The number of carbonyl (C=O) groups excluding carboxylic acids is 2. The average Bonchev–Trinajstić information content (AvgIpc) is 3.03. The predicted molar refractivity (Wildman–Crippen MR) is 82.4 cm³/mol. The van der Waals surface area contributed by atoms with Gasteiger partial charge < -0.3 is 14.4 Å². The lowest BCUT2D eigenvalue weighted by Crippen LogP contribution is -2.41. The molecule has 1 heterocycles. The summed E-state index contributed by atoms with van der Waals surface area (Å²) in [6.45, 7) is 2.83. The van der Waals surface area contributed by atoms with Crippen molar-refractivity contribution in [3.05, 3.63) is 29.8 Å². The molecule has 1 aliphatic rings. The molecule has 5 heteroatoms. The fraction of sp³-hybridized carbons (Fsp3) is 0.529. The topological polar surface area (TPSA) is 55.8 Å². The highest BCUT2D eigenvalue weighted by Gasteiger charge is 2.34. The van der Waals surface area contributed by atoms with Gasteiger partial charge in [-0.15, -0.1) is 0 Å². The predicted octanol–water partition coefficient (Wildman–Crippen LogP) is 2.53. The van der Waals surface area contributed by atoms with Crippen molar-refractivity contribution in [1.82, 2.24) is 4.90 Å². The van der Waals surface area contributed by atoms with E-state index in [9.17, 15) is 9.59 Å². The molecule has 0 saturated carbocycles. The molecule has 22 heavy (non-hydrogen) atoms. The van der Waals surface area contributed by atoms with Crippen molar-refractivity contribution < 1.29 is 19.1 Å². The Balaban J connectivity index is 1.89. The first-order valence-electron chi connectivity index (χ1n) is 7.74. The molecule has 5 nitrogen and oxygen atoms in total. The number of carbonyl (C=O) groups is 2. The largest absolute Gasteiger partial charge is 0.497 e. The Kier molecular flexibility index (Phi) is 5.81. The van der Waals surface area contributed by atoms with E-state index >= 15 is 0 Å². The molecule has 1 fully saturated rings. The number of hydrogen-bond acceptors (Lipinski definition) is 4. The van der Waals surface area contributed by atoms with Crippen LogP contribution in [0.2, 0.25) is 0 Å². The van der Waals surface area contributed by atoms with E-state index in [1.54, 1.807) is 12.0 Å². The van der Waals surface area contributed by atoms with Crippen molar-refractivity contribution in [3.63, 3.8) is 0 Å². The number of benzene rings is 1. The number of ether oxygens (including phenoxy) is 2. The molecule has 0 radical (unpaired) electrons. The van der Waals surface area contributed by atoms with Crippen molar-refractivity contribution in [1.29, 1.82) is 0 Å². The molecule has 1 saturated heterocycles. The molecule has 2 rings (SSSR count). The molecule has 0 N–H and O–H groups in total. The molecule has 1 amide bonds. The molecule has 0 aliphatic carbocycles. The summed E-state index contributed by atoms with van der Waals surface area (Å²) in [6, 6.07) is 6.96. The van der Waals surface area contributed by atoms with Crippen LogP contribution < -0.4 is 4.74 Å². The summed E-state index contributed by atoms with van der Waals surface area (Å²) in [6.07, 6.45) is 2.83. The maximum atomic E-state index is 12.2. The molecule has 1 aliphatic heterocycles. The van der Waals surface area contributed by atoms with Gasteiger partial charge in [0.05, 0.1) is 7.11 Å². The van der Waals surface area contributed by atoms with Gasteiger partial charge in [-0.1, -0.05) is 19.1 Å². The lowest BCUT2D eigenvalue weighted by atomic mass is 10.2. The zero-order valence-electron chi connectivity index (χ0n) is 13.2. The highest BCUT2D eigenvalue weighted by molar-refractivity contribution is 5.85. The molecular weight excluding hydrogens is 282 g/mol. The lowest BCUT2D eigenvalue weighted by Gasteiger charge is -2.23. The monoisotopic (exact) mass is 305 g/mol. The summed E-state index contributed by atoms with van der Waals surface area (Å²) in [5.41, 5.74) is 0.901. The van der Waals surface area contributed by atoms with Gasteiger partial charge in [0.1, 0.15) is 18.4 Å². The standard InChI is InChI=1S/C17H23NO4/c1-3-5-16(19)18-11-4-6-15(18)17(20)22-12-13-7-9-14(21-2)10-8-13/h7-10,15H,3-6,11-12H2,1-2H3. The molecule has 0 aromatic heterocycles. The molecule has 1 aromatic rings. The Labute approximate surface area is 131 Å². The van der Waals surface area contributed by atoms with Crippen LogP contribution in [0.25, 0.3) is 0 Å². The Morgan fingerprint density at radius 1 is 1.27 bits per heavy atom. The van der Waals surface area contributed by atoms with Crippen LogP contribution in [0.3, 0.4) is 0 Å². The van der Waals surface area contributed by atoms with Gasteiger partial charge in [0.25, 0.3) is 0 Å². The summed E-state index contributed by atoms with van der Waals surface area (Å²) in [5, 5.41) is 0. The summed E-state index contributed by atoms with van der Waals surface area (Å²) in [7, 11) is 1.61. The lowest BCUT2D eigenvalue weighted by molar-refractivity contribution is -0.154. The van der Waals surface area contributed by atoms with Crippen LogP contribution in [0, 0.1) is 0 Å². The van der Waals surface area contributed by atoms with Crippen LogP contribution in [0.5, 0.6) is 5.75 Å². The normalized spacial score (nSPS) is 17.4. The molecule has 1 unspecified atom stereocenters. The third-order valence-corrected chi connectivity index (χ3v) is 3.85. The second-order valence-corrected chi connectivity index (χ2v) is 5.45. The number of nitrogens with zero attached hydrogens (tertiary/aromatic N) is 1. The second-order valence-electron chi connectivity index (χ2n) is 5.45. The van der Waals surface area contributed by atoms with Crippen LogP contribution >= 0.6 is 0 Å². The van der Waals surface area contributed by atoms with Crippen molar-refractivity contribution in [2.24, 2.45) is 0 Å². The van der Waals surface area contributed by atoms with Crippen molar-refractivity contribution in [3.8, 4) is 5.75 Å². The Morgan fingerprint density at radius 3 is 2.64 bits per heavy atom. The first-order chi connectivity index (χ1) is 10.7. The first-order valence-corrected chi connectivity index (χ1v) is 7.74. The number of esters is 1. The summed E-state index contributed by atoms with van der Waals surface area (Å²) in [5.74, 6) is 0.506. The third kappa shape index (κ3) is 4.00. The highest BCUT2D eigenvalue weighted by atomic mass is 16.5. The van der Waals surface area contributed by atoms with E-state index in [4.69, 9.17) is 9.47 Å². The van der Waals surface area contributed by atoms with Crippen LogP contribution in [0.1, 0.15) is 38.2 Å². The van der Waals surface area contributed by atoms with Gasteiger partial charge in [0.15, 0.2) is 0 Å². The molecule has 0 spiro atoms. The molecule has 1 atom stereocenters. The number of amides is 1. The number of rotatable bonds is 6. The molecular formula is C17H23NO4. The van der Waals surface area contributed by atoms with E-state index < -0.39 is 6.04 Å². The Hall–Kier alpha value is -2.04. The second kappa shape index (κ2) is 7.82. The number of methoxy groups -OCH3 is 1. The number of likely N-dealkylation sites (tertiary alicyclic amines) is 1. The minimum atomic E-state index is -0.419. The van der Waals surface area contributed by atoms with E-state index in [1.807, 2.05) is 31.2 Å². The number of hydrogen-bond donors (Lipinski definition) is 0. The Morgan fingerprint density at radius 2 is 2.00 bits per heavy atom. The smallest absolute Gasteiger partial charge is 0.329 e. The quantitative estimate of drug-likeness (QED) is 0.758. The van der Waals surface area contributed by atoms with Gasteiger partial charge >= 0.3 is 5.97 Å². The van der Waals surface area contributed by atoms with Crippen LogP contribution in [-0.2, 0) is 20.9 Å². The van der Waals surface area contributed by atoms with Gasteiger partial charge in [-0.3, -0.25) is 4.79 Å². The van der Waals surface area contributed by atoms with E-state index in [0.29, 0.717) is 19.4 Å². The SMILES string of the molecule is CCCC(=O)N1CCCC1C(=O)OCc1ccc(OC)cc1. The molecule has 1 aromatic carbocycles. The maximum Gasteiger partial charge on any atom is 0.329 e. The molecule has 0 bridgehead atoms. The fourth-order valence-electron chi connectivity index (χ4n) is 2.64. The van der Waals surface area contributed by atoms with Gasteiger partial charge in [-0.05, 0) is 37.0 Å². The Bertz CT molecular complexity index is 512. The van der Waals surface area contributed by atoms with Crippen molar-refractivity contribution in [2.45, 2.75) is 45.3 Å². The van der Waals surface area contributed by atoms with Crippen LogP contribution in [0.4, 0.5) is 0 Å². The zero-order valence-corrected chi connectivity index (χ0v) is 13.2. The first kappa shape index (κ1) is 16.3. The summed E-state index contributed by atoms with van der Waals surface area (Å²) in [4.78, 5) is 25.9. The van der Waals surface area contributed by atoms with E-state index in [0.717, 1.165) is 24.2 Å². The van der Waals surface area contributed by atoms with E-state index in [1.165, 1.54) is 0 Å². The minimum Gasteiger partial charge on any atom is -0.497 e. The van der Waals surface area contributed by atoms with E-state index in [2.05, 4.69) is 0 Å². The third-order valence-electron chi connectivity index (χ3n) is 3.85. The van der Waals surface area contributed by atoms with Crippen molar-refractivity contribution in [2.75, 3.05) is 13.7 Å².